The number of aromatic nitrogens is 4. The Bertz CT molecular complexity index is 953. The van der Waals surface area contributed by atoms with Crippen LogP contribution in [0.5, 0.6) is 0 Å². The number of piperidine rings is 1. The van der Waals surface area contributed by atoms with Crippen molar-refractivity contribution in [1.29, 1.82) is 0 Å². The Morgan fingerprint density at radius 2 is 2.34 bits per heavy atom. The largest absolute Gasteiger partial charge is 0.370 e. The van der Waals surface area contributed by atoms with Crippen LogP contribution < -0.4 is 10.6 Å². The lowest BCUT2D eigenvalue weighted by atomic mass is 9.96. The van der Waals surface area contributed by atoms with Gasteiger partial charge in [0.2, 0.25) is 0 Å². The van der Waals surface area contributed by atoms with Crippen LogP contribution in [0.2, 0.25) is 0 Å². The van der Waals surface area contributed by atoms with E-state index in [9.17, 15) is 0 Å². The highest BCUT2D eigenvalue weighted by atomic mass is 32.1. The first-order valence-corrected chi connectivity index (χ1v) is 10.8. The first-order chi connectivity index (χ1) is 14.2. The molecule has 1 saturated heterocycles. The molecule has 0 amide bonds. The number of thiazole rings is 1. The fraction of sp³-hybridized carbons (Fsp3) is 0.429. The maximum Gasteiger partial charge on any atom is 0.166 e. The van der Waals surface area contributed by atoms with E-state index in [1.165, 1.54) is 12.8 Å². The van der Waals surface area contributed by atoms with Gasteiger partial charge in [-0.2, -0.15) is 9.61 Å². The van der Waals surface area contributed by atoms with E-state index in [1.807, 2.05) is 29.3 Å². The van der Waals surface area contributed by atoms with Crippen molar-refractivity contribution >= 4 is 28.5 Å². The van der Waals surface area contributed by atoms with Crippen LogP contribution in [0, 0.1) is 0 Å². The van der Waals surface area contributed by atoms with Crippen LogP contribution in [0.15, 0.2) is 41.6 Å². The van der Waals surface area contributed by atoms with Gasteiger partial charge < -0.3 is 10.6 Å². The molecule has 8 heteroatoms. The first-order valence-electron chi connectivity index (χ1n) is 9.95. The summed E-state index contributed by atoms with van der Waals surface area (Å²) in [6.45, 7) is 10.5. The van der Waals surface area contributed by atoms with Gasteiger partial charge in [0.25, 0.3) is 0 Å². The summed E-state index contributed by atoms with van der Waals surface area (Å²) in [6, 6.07) is 2.15. The highest BCUT2D eigenvalue weighted by molar-refractivity contribution is 7.13. The third kappa shape index (κ3) is 5.07. The lowest BCUT2D eigenvalue weighted by molar-refractivity contribution is 0.455. The van der Waals surface area contributed by atoms with E-state index < -0.39 is 0 Å². The zero-order valence-electron chi connectivity index (χ0n) is 17.4. The van der Waals surface area contributed by atoms with Crippen molar-refractivity contribution in [2.45, 2.75) is 32.6 Å². The molecular formula is C21H29N7S. The molecule has 3 aromatic heterocycles. The normalized spacial score (nSPS) is 16.9. The molecule has 0 radical (unpaired) electrons. The van der Waals surface area contributed by atoms with Gasteiger partial charge in [0.1, 0.15) is 5.82 Å². The molecule has 0 aliphatic carbocycles. The summed E-state index contributed by atoms with van der Waals surface area (Å²) in [4.78, 5) is 14.1. The van der Waals surface area contributed by atoms with Crippen molar-refractivity contribution in [3.8, 4) is 10.4 Å². The van der Waals surface area contributed by atoms with Crippen LogP contribution in [0.25, 0.3) is 16.1 Å². The number of allylic oxidation sites excluding steroid dienone is 1. The SMILES string of the molecule is C=CC(C)=NC.CCNc1cc(C2CCCNC2)nc2c(-c3cncs3)cnn12. The fourth-order valence-corrected chi connectivity index (χ4v) is 3.84. The van der Waals surface area contributed by atoms with Crippen LogP contribution in [-0.2, 0) is 0 Å². The van der Waals surface area contributed by atoms with Crippen molar-refractivity contribution in [3.63, 3.8) is 0 Å². The molecule has 0 spiro atoms. The van der Waals surface area contributed by atoms with Crippen molar-refractivity contribution in [1.82, 2.24) is 24.9 Å². The average molecular weight is 412 g/mol. The summed E-state index contributed by atoms with van der Waals surface area (Å²) < 4.78 is 1.90. The zero-order valence-corrected chi connectivity index (χ0v) is 18.2. The first kappa shape index (κ1) is 21.1. The van der Waals surface area contributed by atoms with E-state index in [1.54, 1.807) is 24.5 Å². The summed E-state index contributed by atoms with van der Waals surface area (Å²) in [5, 5.41) is 11.4. The Morgan fingerprint density at radius 1 is 1.48 bits per heavy atom. The maximum absolute atomic E-state index is 4.96. The molecule has 7 nitrogen and oxygen atoms in total. The zero-order chi connectivity index (χ0) is 20.6. The topological polar surface area (TPSA) is 79.5 Å². The van der Waals surface area contributed by atoms with Gasteiger partial charge in [0, 0.05) is 44.0 Å². The molecule has 29 heavy (non-hydrogen) atoms. The van der Waals surface area contributed by atoms with Crippen LogP contribution >= 0.6 is 11.3 Å². The maximum atomic E-state index is 4.96. The number of nitrogens with zero attached hydrogens (tertiary/aromatic N) is 5. The Hall–Kier alpha value is -2.58. The standard InChI is InChI=1S/C16H20N6S.C5H9N/c1-2-19-15-6-13(11-4-3-5-17-7-11)21-16-12(8-20-22(15)16)14-9-18-10-23-14;1-4-5(2)6-3/h6,8-11,17,19H,2-5,7H2,1H3;4H,1H2,2-3H3. The summed E-state index contributed by atoms with van der Waals surface area (Å²) >= 11 is 1.62. The molecule has 1 aliphatic heterocycles. The third-order valence-corrected chi connectivity index (χ3v) is 5.72. The lowest BCUT2D eigenvalue weighted by Crippen LogP contribution is -2.29. The van der Waals surface area contributed by atoms with E-state index in [-0.39, 0.29) is 0 Å². The number of anilines is 1. The third-order valence-electron chi connectivity index (χ3n) is 4.91. The quantitative estimate of drug-likeness (QED) is 0.620. The molecule has 1 atom stereocenters. The molecule has 0 bridgehead atoms. The van der Waals surface area contributed by atoms with Gasteiger partial charge >= 0.3 is 0 Å². The number of hydrogen-bond donors (Lipinski definition) is 2. The van der Waals surface area contributed by atoms with Gasteiger partial charge in [0.05, 0.1) is 27.8 Å². The smallest absolute Gasteiger partial charge is 0.166 e. The van der Waals surface area contributed by atoms with Gasteiger partial charge in [-0.3, -0.25) is 9.98 Å². The van der Waals surface area contributed by atoms with E-state index in [0.29, 0.717) is 5.92 Å². The molecule has 0 aromatic carbocycles. The number of fused-ring (bicyclic) bond motifs is 1. The predicted molar refractivity (Wildman–Crippen MR) is 122 cm³/mol. The van der Waals surface area contributed by atoms with Crippen LogP contribution in [-0.4, -0.2) is 52.0 Å². The minimum Gasteiger partial charge on any atom is -0.370 e. The number of nitrogens with one attached hydrogen (secondary N) is 2. The van der Waals surface area contributed by atoms with Crippen molar-refractivity contribution in [2.24, 2.45) is 4.99 Å². The minimum absolute atomic E-state index is 0.468. The molecule has 1 aliphatic rings. The predicted octanol–water partition coefficient (Wildman–Crippen LogP) is 4.01. The van der Waals surface area contributed by atoms with Crippen molar-refractivity contribution in [3.05, 3.63) is 42.3 Å². The van der Waals surface area contributed by atoms with Crippen molar-refractivity contribution < 1.29 is 0 Å². The second-order valence-corrected chi connectivity index (χ2v) is 7.75. The summed E-state index contributed by atoms with van der Waals surface area (Å²) in [5.41, 5.74) is 5.94. The molecule has 2 N–H and O–H groups in total. The Balaban J connectivity index is 0.000000353. The second-order valence-electron chi connectivity index (χ2n) is 6.87. The van der Waals surface area contributed by atoms with Gasteiger partial charge in [0.15, 0.2) is 5.65 Å². The minimum atomic E-state index is 0.468. The van der Waals surface area contributed by atoms with E-state index >= 15 is 0 Å². The molecule has 4 rings (SSSR count). The van der Waals surface area contributed by atoms with Crippen LogP contribution in [0.3, 0.4) is 0 Å². The number of rotatable bonds is 5. The molecule has 154 valence electrons. The number of aliphatic imine (C=N–C) groups is 1. The Morgan fingerprint density at radius 3 is 2.93 bits per heavy atom. The van der Waals surface area contributed by atoms with Gasteiger partial charge in [-0.15, -0.1) is 11.3 Å². The van der Waals surface area contributed by atoms with E-state index in [4.69, 9.17) is 4.98 Å². The summed E-state index contributed by atoms with van der Waals surface area (Å²) in [5.74, 6) is 1.48. The van der Waals surface area contributed by atoms with Gasteiger partial charge in [-0.1, -0.05) is 6.58 Å². The highest BCUT2D eigenvalue weighted by Gasteiger charge is 2.20. The summed E-state index contributed by atoms with van der Waals surface area (Å²) in [6.07, 6.45) is 7.88. The molecule has 1 unspecified atom stereocenters. The molecular weight excluding hydrogens is 382 g/mol. The molecule has 3 aromatic rings. The lowest BCUT2D eigenvalue weighted by Gasteiger charge is -2.23. The number of hydrogen-bond acceptors (Lipinski definition) is 7. The average Bonchev–Trinajstić information content (AvgIpc) is 3.44. The molecule has 0 saturated carbocycles. The van der Waals surface area contributed by atoms with Crippen LogP contribution in [0.1, 0.15) is 38.3 Å². The van der Waals surface area contributed by atoms with E-state index in [0.717, 1.165) is 52.9 Å². The Kier molecular flexibility index (Phi) is 7.48. The Labute approximate surface area is 176 Å². The monoisotopic (exact) mass is 411 g/mol. The van der Waals surface area contributed by atoms with Crippen LogP contribution in [0.4, 0.5) is 5.82 Å². The van der Waals surface area contributed by atoms with Crippen molar-refractivity contribution in [2.75, 3.05) is 32.0 Å². The van der Waals surface area contributed by atoms with Gasteiger partial charge in [-0.25, -0.2) is 4.98 Å². The molecule has 4 heterocycles. The fourth-order valence-electron chi connectivity index (χ4n) is 3.22. The van der Waals surface area contributed by atoms with E-state index in [2.05, 4.69) is 45.3 Å². The molecule has 1 fully saturated rings. The summed E-state index contributed by atoms with van der Waals surface area (Å²) in [7, 11) is 1.75. The second kappa shape index (κ2) is 10.3. The van der Waals surface area contributed by atoms with Gasteiger partial charge in [-0.05, 0) is 39.3 Å². The highest BCUT2D eigenvalue weighted by Crippen LogP contribution is 2.31.